The maximum absolute atomic E-state index is 11.8. The van der Waals surface area contributed by atoms with Crippen molar-refractivity contribution >= 4 is 17.5 Å². The normalized spacial score (nSPS) is 19.8. The molecule has 0 radical (unpaired) electrons. The second-order valence-corrected chi connectivity index (χ2v) is 5.20. The largest absolute Gasteiger partial charge is 0.367 e. The van der Waals surface area contributed by atoms with Gasteiger partial charge in [0.15, 0.2) is 0 Å². The molecular formula is C14H19ClN2O2. The van der Waals surface area contributed by atoms with Gasteiger partial charge >= 0.3 is 0 Å². The van der Waals surface area contributed by atoms with Crippen molar-refractivity contribution in [2.24, 2.45) is 5.73 Å². The highest BCUT2D eigenvalue weighted by molar-refractivity contribution is 6.30. The monoisotopic (exact) mass is 282 g/mol. The van der Waals surface area contributed by atoms with Crippen LogP contribution in [0.4, 0.5) is 0 Å². The van der Waals surface area contributed by atoms with Crippen LogP contribution in [0, 0.1) is 0 Å². The van der Waals surface area contributed by atoms with E-state index in [1.54, 1.807) is 0 Å². The molecule has 1 amide bonds. The van der Waals surface area contributed by atoms with E-state index in [1.165, 1.54) is 0 Å². The molecule has 4 nitrogen and oxygen atoms in total. The van der Waals surface area contributed by atoms with Crippen LogP contribution < -0.4 is 5.73 Å². The molecule has 0 saturated carbocycles. The molecule has 0 aliphatic carbocycles. The van der Waals surface area contributed by atoms with Crippen LogP contribution in [0.5, 0.6) is 0 Å². The minimum absolute atomic E-state index is 0.0315. The first-order chi connectivity index (χ1) is 9.19. The van der Waals surface area contributed by atoms with Gasteiger partial charge in [-0.3, -0.25) is 4.79 Å². The lowest BCUT2D eigenvalue weighted by Crippen LogP contribution is -2.46. The minimum atomic E-state index is 0.0315. The Hall–Kier alpha value is -1.10. The van der Waals surface area contributed by atoms with Crippen molar-refractivity contribution in [3.8, 4) is 0 Å². The van der Waals surface area contributed by atoms with Crippen LogP contribution >= 0.6 is 11.6 Å². The molecule has 1 aromatic carbocycles. The summed E-state index contributed by atoms with van der Waals surface area (Å²) in [4.78, 5) is 13.7. The van der Waals surface area contributed by atoms with Crippen LogP contribution in [-0.2, 0) is 16.1 Å². The van der Waals surface area contributed by atoms with E-state index in [4.69, 9.17) is 22.1 Å². The van der Waals surface area contributed by atoms with Gasteiger partial charge in [-0.05, 0) is 37.1 Å². The van der Waals surface area contributed by atoms with Crippen LogP contribution in [-0.4, -0.2) is 36.6 Å². The van der Waals surface area contributed by atoms with Crippen LogP contribution in [0.2, 0.25) is 5.02 Å². The molecule has 2 N–H and O–H groups in total. The number of carbonyl (C=O) groups is 1. The summed E-state index contributed by atoms with van der Waals surface area (Å²) in [6.45, 7) is 2.03. The summed E-state index contributed by atoms with van der Waals surface area (Å²) in [7, 11) is 0. The highest BCUT2D eigenvalue weighted by Crippen LogP contribution is 2.17. The highest BCUT2D eigenvalue weighted by atomic mass is 35.5. The Morgan fingerprint density at radius 3 is 3.05 bits per heavy atom. The van der Waals surface area contributed by atoms with Gasteiger partial charge < -0.3 is 15.4 Å². The second-order valence-electron chi connectivity index (χ2n) is 4.77. The molecule has 1 unspecified atom stereocenters. The minimum Gasteiger partial charge on any atom is -0.367 e. The summed E-state index contributed by atoms with van der Waals surface area (Å²) >= 11 is 5.95. The number of morpholine rings is 1. The topological polar surface area (TPSA) is 55.6 Å². The Kier molecular flexibility index (Phi) is 5.19. The van der Waals surface area contributed by atoms with Gasteiger partial charge in [0.1, 0.15) is 6.61 Å². The Morgan fingerprint density at radius 1 is 1.47 bits per heavy atom. The van der Waals surface area contributed by atoms with Crippen LogP contribution in [0.25, 0.3) is 0 Å². The molecule has 104 valence electrons. The van der Waals surface area contributed by atoms with E-state index in [0.717, 1.165) is 18.4 Å². The van der Waals surface area contributed by atoms with Crippen LogP contribution in [0.15, 0.2) is 24.3 Å². The molecule has 1 saturated heterocycles. The average Bonchev–Trinajstić information content (AvgIpc) is 2.40. The van der Waals surface area contributed by atoms with Crippen molar-refractivity contribution in [2.45, 2.75) is 25.5 Å². The zero-order chi connectivity index (χ0) is 13.7. The fourth-order valence-corrected chi connectivity index (χ4v) is 2.42. The van der Waals surface area contributed by atoms with Crippen LogP contribution in [0.3, 0.4) is 0 Å². The van der Waals surface area contributed by atoms with E-state index >= 15 is 0 Å². The molecule has 1 aliphatic rings. The van der Waals surface area contributed by atoms with Gasteiger partial charge in [-0.15, -0.1) is 0 Å². The highest BCUT2D eigenvalue weighted by Gasteiger charge is 2.25. The van der Waals surface area contributed by atoms with Crippen LogP contribution in [0.1, 0.15) is 18.4 Å². The van der Waals surface area contributed by atoms with Crippen molar-refractivity contribution in [1.29, 1.82) is 0 Å². The number of amides is 1. The molecule has 0 bridgehead atoms. The zero-order valence-corrected chi connectivity index (χ0v) is 11.6. The van der Waals surface area contributed by atoms with Crippen molar-refractivity contribution in [1.82, 2.24) is 4.90 Å². The van der Waals surface area contributed by atoms with Gasteiger partial charge in [0, 0.05) is 18.1 Å². The van der Waals surface area contributed by atoms with E-state index in [-0.39, 0.29) is 18.6 Å². The Balaban J connectivity index is 1.95. The molecular weight excluding hydrogens is 264 g/mol. The molecule has 2 rings (SSSR count). The van der Waals surface area contributed by atoms with E-state index in [9.17, 15) is 4.79 Å². The molecule has 1 aromatic rings. The lowest BCUT2D eigenvalue weighted by atomic mass is 10.1. The molecule has 1 atom stereocenters. The van der Waals surface area contributed by atoms with E-state index in [0.29, 0.717) is 24.7 Å². The van der Waals surface area contributed by atoms with Crippen molar-refractivity contribution in [2.75, 3.05) is 19.7 Å². The lowest BCUT2D eigenvalue weighted by Gasteiger charge is -2.33. The fraction of sp³-hybridized carbons (Fsp3) is 0.500. The van der Waals surface area contributed by atoms with Gasteiger partial charge in [-0.25, -0.2) is 0 Å². The van der Waals surface area contributed by atoms with Gasteiger partial charge in [0.05, 0.1) is 6.10 Å². The Labute approximate surface area is 118 Å². The maximum atomic E-state index is 11.8. The number of nitrogens with zero attached hydrogens (tertiary/aromatic N) is 1. The number of rotatable bonds is 5. The number of carbonyl (C=O) groups excluding carboxylic acids is 1. The number of nitrogens with two attached hydrogens (primary N) is 1. The third kappa shape index (κ3) is 4.20. The average molecular weight is 283 g/mol. The Morgan fingerprint density at radius 2 is 2.32 bits per heavy atom. The molecule has 0 aromatic heterocycles. The van der Waals surface area contributed by atoms with E-state index in [2.05, 4.69) is 0 Å². The SMILES string of the molecule is NCCCC1CN(Cc2cccc(Cl)c2)C(=O)CO1. The summed E-state index contributed by atoms with van der Waals surface area (Å²) in [6, 6.07) is 7.59. The first-order valence-electron chi connectivity index (χ1n) is 6.53. The predicted molar refractivity (Wildman–Crippen MR) is 74.9 cm³/mol. The fourth-order valence-electron chi connectivity index (χ4n) is 2.21. The molecule has 0 spiro atoms. The van der Waals surface area contributed by atoms with Gasteiger partial charge in [0.2, 0.25) is 5.91 Å². The number of halogens is 1. The van der Waals surface area contributed by atoms with Crippen molar-refractivity contribution in [3.63, 3.8) is 0 Å². The van der Waals surface area contributed by atoms with E-state index in [1.807, 2.05) is 29.2 Å². The number of benzene rings is 1. The number of ether oxygens (including phenoxy) is 1. The van der Waals surface area contributed by atoms with Gasteiger partial charge in [0.25, 0.3) is 0 Å². The summed E-state index contributed by atoms with van der Waals surface area (Å²) in [5.41, 5.74) is 6.54. The molecule has 19 heavy (non-hydrogen) atoms. The molecule has 1 fully saturated rings. The molecule has 1 heterocycles. The number of hydrogen-bond acceptors (Lipinski definition) is 3. The zero-order valence-electron chi connectivity index (χ0n) is 10.8. The summed E-state index contributed by atoms with van der Waals surface area (Å²) in [6.07, 6.45) is 1.92. The van der Waals surface area contributed by atoms with Crippen molar-refractivity contribution < 1.29 is 9.53 Å². The maximum Gasteiger partial charge on any atom is 0.248 e. The van der Waals surface area contributed by atoms with Gasteiger partial charge in [-0.2, -0.15) is 0 Å². The smallest absolute Gasteiger partial charge is 0.248 e. The standard InChI is InChI=1S/C14H19ClN2O2/c15-12-4-1-3-11(7-12)8-17-9-13(5-2-6-16)19-10-14(17)18/h1,3-4,7,13H,2,5-6,8-10,16H2. The summed E-state index contributed by atoms with van der Waals surface area (Å²) < 4.78 is 5.51. The molecule has 5 heteroatoms. The summed E-state index contributed by atoms with van der Waals surface area (Å²) in [5.74, 6) is 0.0315. The quantitative estimate of drug-likeness (QED) is 0.896. The Bertz CT molecular complexity index is 439. The second kappa shape index (κ2) is 6.89. The lowest BCUT2D eigenvalue weighted by molar-refractivity contribution is -0.150. The predicted octanol–water partition coefficient (Wildman–Crippen LogP) is 1.81. The first kappa shape index (κ1) is 14.3. The summed E-state index contributed by atoms with van der Waals surface area (Å²) in [5, 5.41) is 0.692. The van der Waals surface area contributed by atoms with Gasteiger partial charge in [-0.1, -0.05) is 23.7 Å². The van der Waals surface area contributed by atoms with E-state index < -0.39 is 0 Å². The molecule has 1 aliphatic heterocycles. The number of hydrogen-bond donors (Lipinski definition) is 1. The van der Waals surface area contributed by atoms with Crippen molar-refractivity contribution in [3.05, 3.63) is 34.9 Å². The first-order valence-corrected chi connectivity index (χ1v) is 6.90. The third-order valence-corrected chi connectivity index (χ3v) is 3.45. The third-order valence-electron chi connectivity index (χ3n) is 3.21.